The number of amides is 1. The van der Waals surface area contributed by atoms with E-state index in [1.54, 1.807) is 6.92 Å². The van der Waals surface area contributed by atoms with Crippen molar-refractivity contribution in [3.8, 4) is 5.75 Å². The number of rotatable bonds is 9. The number of guanidine groups is 1. The Kier molecular flexibility index (Phi) is 12.6. The molecule has 2 N–H and O–H groups in total. The molecule has 1 aliphatic heterocycles. The predicted octanol–water partition coefficient (Wildman–Crippen LogP) is 1.79. The van der Waals surface area contributed by atoms with Crippen LogP contribution in [0.15, 0.2) is 35.3 Å². The van der Waals surface area contributed by atoms with Crippen LogP contribution in [-0.4, -0.2) is 80.6 Å². The molecule has 0 unspecified atom stereocenters. The van der Waals surface area contributed by atoms with Crippen molar-refractivity contribution in [3.05, 3.63) is 30.3 Å². The van der Waals surface area contributed by atoms with Gasteiger partial charge in [-0.15, -0.1) is 24.0 Å². The molecule has 0 saturated carbocycles. The molecular weight excluding hydrogens is 469 g/mol. The highest BCUT2D eigenvalue weighted by Crippen LogP contribution is 2.08. The number of carbonyl (C=O) groups excluding carboxylic acids is 1. The van der Waals surface area contributed by atoms with Crippen LogP contribution in [0.4, 0.5) is 0 Å². The van der Waals surface area contributed by atoms with Crippen molar-refractivity contribution in [1.82, 2.24) is 20.4 Å². The second-order valence-corrected chi connectivity index (χ2v) is 6.55. The topological polar surface area (TPSA) is 69.2 Å². The molecule has 0 radical (unpaired) electrons. The van der Waals surface area contributed by atoms with E-state index in [4.69, 9.17) is 4.74 Å². The van der Waals surface area contributed by atoms with E-state index in [9.17, 15) is 4.79 Å². The fraction of sp³-hybridized carbons (Fsp3) is 0.600. The average molecular weight is 503 g/mol. The van der Waals surface area contributed by atoms with Crippen LogP contribution in [0.3, 0.4) is 0 Å². The Labute approximate surface area is 185 Å². The van der Waals surface area contributed by atoms with Crippen LogP contribution >= 0.6 is 24.0 Å². The monoisotopic (exact) mass is 503 g/mol. The van der Waals surface area contributed by atoms with Gasteiger partial charge in [-0.05, 0) is 19.1 Å². The van der Waals surface area contributed by atoms with Crippen molar-refractivity contribution in [2.24, 2.45) is 4.99 Å². The van der Waals surface area contributed by atoms with Gasteiger partial charge in [0.05, 0.1) is 6.61 Å². The lowest BCUT2D eigenvalue weighted by molar-refractivity contribution is -0.130. The van der Waals surface area contributed by atoms with Gasteiger partial charge < -0.3 is 20.3 Å². The molecular formula is C20H34IN5O2. The third-order valence-electron chi connectivity index (χ3n) is 4.47. The lowest BCUT2D eigenvalue weighted by Crippen LogP contribution is -2.50. The van der Waals surface area contributed by atoms with Gasteiger partial charge in [0.25, 0.3) is 0 Å². The fourth-order valence-electron chi connectivity index (χ4n) is 2.92. The molecule has 1 aromatic carbocycles. The minimum atomic E-state index is 0. The van der Waals surface area contributed by atoms with E-state index in [1.807, 2.05) is 35.2 Å². The molecule has 1 fully saturated rings. The Morgan fingerprint density at radius 1 is 1.14 bits per heavy atom. The van der Waals surface area contributed by atoms with Gasteiger partial charge in [-0.25, -0.2) is 0 Å². The highest BCUT2D eigenvalue weighted by atomic mass is 127. The van der Waals surface area contributed by atoms with E-state index >= 15 is 0 Å². The highest BCUT2D eigenvalue weighted by Gasteiger charge is 2.17. The normalized spacial score (nSPS) is 14.9. The van der Waals surface area contributed by atoms with E-state index in [2.05, 4.69) is 27.4 Å². The first-order valence-electron chi connectivity index (χ1n) is 9.87. The molecule has 7 nitrogen and oxygen atoms in total. The summed E-state index contributed by atoms with van der Waals surface area (Å²) < 4.78 is 5.69. The number of nitrogens with one attached hydrogen (secondary N) is 2. The van der Waals surface area contributed by atoms with E-state index in [0.717, 1.165) is 70.5 Å². The van der Waals surface area contributed by atoms with Gasteiger partial charge in [-0.2, -0.15) is 0 Å². The molecule has 0 atom stereocenters. The van der Waals surface area contributed by atoms with Crippen molar-refractivity contribution >= 4 is 35.8 Å². The molecule has 0 aliphatic carbocycles. The van der Waals surface area contributed by atoms with Gasteiger partial charge in [0.15, 0.2) is 5.96 Å². The molecule has 28 heavy (non-hydrogen) atoms. The van der Waals surface area contributed by atoms with Crippen molar-refractivity contribution in [1.29, 1.82) is 0 Å². The van der Waals surface area contributed by atoms with Gasteiger partial charge in [-0.1, -0.05) is 18.2 Å². The largest absolute Gasteiger partial charge is 0.494 e. The third kappa shape index (κ3) is 9.59. The summed E-state index contributed by atoms with van der Waals surface area (Å²) in [4.78, 5) is 20.3. The first-order valence-corrected chi connectivity index (χ1v) is 9.87. The maximum atomic E-state index is 11.4. The number of aliphatic imine (C=N–C) groups is 1. The molecule has 158 valence electrons. The van der Waals surface area contributed by atoms with E-state index in [0.29, 0.717) is 6.61 Å². The number of ether oxygens (including phenoxy) is 1. The maximum absolute atomic E-state index is 11.4. The Morgan fingerprint density at radius 3 is 2.50 bits per heavy atom. The van der Waals surface area contributed by atoms with Gasteiger partial charge in [0, 0.05) is 65.7 Å². The number of nitrogens with zero attached hydrogens (tertiary/aromatic N) is 3. The van der Waals surface area contributed by atoms with E-state index < -0.39 is 0 Å². The number of piperazine rings is 1. The Bertz CT molecular complexity index is 577. The molecule has 1 aromatic rings. The van der Waals surface area contributed by atoms with Crippen LogP contribution in [0.2, 0.25) is 0 Å². The summed E-state index contributed by atoms with van der Waals surface area (Å²) in [5.74, 6) is 1.92. The smallest absolute Gasteiger partial charge is 0.219 e. The molecule has 8 heteroatoms. The molecule has 2 rings (SSSR count). The van der Waals surface area contributed by atoms with E-state index in [-0.39, 0.29) is 29.9 Å². The quantitative estimate of drug-likeness (QED) is 0.233. The first-order chi connectivity index (χ1) is 13.2. The predicted molar refractivity (Wildman–Crippen MR) is 125 cm³/mol. The third-order valence-corrected chi connectivity index (χ3v) is 4.47. The van der Waals surface area contributed by atoms with Crippen LogP contribution in [0.5, 0.6) is 5.75 Å². The Hall–Kier alpha value is -1.55. The number of carbonyl (C=O) groups is 1. The zero-order valence-corrected chi connectivity index (χ0v) is 19.4. The molecule has 0 aromatic heterocycles. The zero-order chi connectivity index (χ0) is 19.3. The number of halogens is 1. The number of hydrogen-bond donors (Lipinski definition) is 2. The van der Waals surface area contributed by atoms with Gasteiger partial charge in [0.1, 0.15) is 5.75 Å². The summed E-state index contributed by atoms with van der Waals surface area (Å²) in [6.07, 6.45) is 0.873. The van der Waals surface area contributed by atoms with Crippen molar-refractivity contribution in [2.45, 2.75) is 20.3 Å². The molecule has 1 heterocycles. The second-order valence-electron chi connectivity index (χ2n) is 6.55. The van der Waals surface area contributed by atoms with Gasteiger partial charge in [-0.3, -0.25) is 14.7 Å². The Morgan fingerprint density at radius 2 is 1.86 bits per heavy atom. The number of para-hydroxylation sites is 1. The highest BCUT2D eigenvalue weighted by molar-refractivity contribution is 14.0. The van der Waals surface area contributed by atoms with Crippen LogP contribution in [-0.2, 0) is 4.79 Å². The van der Waals surface area contributed by atoms with Gasteiger partial charge >= 0.3 is 0 Å². The van der Waals surface area contributed by atoms with Crippen LogP contribution < -0.4 is 15.4 Å². The molecule has 1 amide bonds. The SMILES string of the molecule is CCNC(=NCCCOc1ccccc1)NCCN1CCN(C(C)=O)CC1.I. The second kappa shape index (κ2) is 14.4. The lowest BCUT2D eigenvalue weighted by atomic mass is 10.3. The molecule has 0 bridgehead atoms. The summed E-state index contributed by atoms with van der Waals surface area (Å²) in [6, 6.07) is 9.85. The first kappa shape index (κ1) is 24.5. The summed E-state index contributed by atoms with van der Waals surface area (Å²) >= 11 is 0. The van der Waals surface area contributed by atoms with Crippen LogP contribution in [0.25, 0.3) is 0 Å². The molecule has 1 aliphatic rings. The summed E-state index contributed by atoms with van der Waals surface area (Å²) in [5, 5.41) is 6.66. The average Bonchev–Trinajstić information content (AvgIpc) is 2.69. The van der Waals surface area contributed by atoms with E-state index in [1.165, 1.54) is 0 Å². The van der Waals surface area contributed by atoms with Gasteiger partial charge in [0.2, 0.25) is 5.91 Å². The summed E-state index contributed by atoms with van der Waals surface area (Å²) in [7, 11) is 0. The molecule has 0 spiro atoms. The summed E-state index contributed by atoms with van der Waals surface area (Å²) in [5.41, 5.74) is 0. The number of benzene rings is 1. The maximum Gasteiger partial charge on any atom is 0.219 e. The minimum Gasteiger partial charge on any atom is -0.494 e. The van der Waals surface area contributed by atoms with Crippen molar-refractivity contribution in [3.63, 3.8) is 0 Å². The molecule has 1 saturated heterocycles. The summed E-state index contributed by atoms with van der Waals surface area (Å²) in [6.45, 7) is 11.2. The lowest BCUT2D eigenvalue weighted by Gasteiger charge is -2.34. The van der Waals surface area contributed by atoms with Crippen LogP contribution in [0, 0.1) is 0 Å². The standard InChI is InChI=1S/C20H33N5O2.HI/c1-3-21-20(22-10-7-17-27-19-8-5-4-6-9-19)23-11-12-24-13-15-25(16-14-24)18(2)26;/h4-6,8-9H,3,7,10-17H2,1-2H3,(H2,21,22,23);1H. The number of hydrogen-bond acceptors (Lipinski definition) is 4. The Balaban J connectivity index is 0.00000392. The van der Waals surface area contributed by atoms with Crippen LogP contribution in [0.1, 0.15) is 20.3 Å². The zero-order valence-electron chi connectivity index (χ0n) is 17.0. The van der Waals surface area contributed by atoms with Crippen molar-refractivity contribution in [2.75, 3.05) is 59.0 Å². The fourth-order valence-corrected chi connectivity index (χ4v) is 2.92. The van der Waals surface area contributed by atoms with Crippen molar-refractivity contribution < 1.29 is 9.53 Å². The minimum absolute atomic E-state index is 0.